The van der Waals surface area contributed by atoms with Crippen LogP contribution in [0.3, 0.4) is 0 Å². The predicted molar refractivity (Wildman–Crippen MR) is 91.8 cm³/mol. The molecule has 2 aliphatic rings. The van der Waals surface area contributed by atoms with Crippen LogP contribution in [0.2, 0.25) is 0 Å². The topological polar surface area (TPSA) is 18.5 Å². The van der Waals surface area contributed by atoms with Gasteiger partial charge < -0.3 is 15.1 Å². The highest BCUT2D eigenvalue weighted by Gasteiger charge is 2.36. The molecular weight excluding hydrogens is 258 g/mol. The van der Waals surface area contributed by atoms with E-state index in [1.54, 1.807) is 0 Å². The number of likely N-dealkylation sites (tertiary alicyclic amines) is 1. The van der Waals surface area contributed by atoms with E-state index in [-0.39, 0.29) is 5.54 Å². The number of rotatable bonds is 5. The summed E-state index contributed by atoms with van der Waals surface area (Å²) >= 11 is 0. The van der Waals surface area contributed by atoms with Crippen molar-refractivity contribution in [2.75, 3.05) is 40.3 Å². The van der Waals surface area contributed by atoms with Gasteiger partial charge in [-0.05, 0) is 66.1 Å². The molecule has 0 aromatic heterocycles. The van der Waals surface area contributed by atoms with E-state index in [1.165, 1.54) is 64.7 Å². The molecule has 0 bridgehead atoms. The maximum absolute atomic E-state index is 3.80. The summed E-state index contributed by atoms with van der Waals surface area (Å²) in [6.07, 6.45) is 8.47. The van der Waals surface area contributed by atoms with E-state index in [0.29, 0.717) is 5.41 Å². The molecule has 1 unspecified atom stereocenters. The highest BCUT2D eigenvalue weighted by Crippen LogP contribution is 2.37. The van der Waals surface area contributed by atoms with Crippen LogP contribution >= 0.6 is 0 Å². The molecular formula is C18H37N3. The third-order valence-corrected chi connectivity index (χ3v) is 5.44. The van der Waals surface area contributed by atoms with Crippen LogP contribution in [0.5, 0.6) is 0 Å². The van der Waals surface area contributed by atoms with E-state index in [1.807, 2.05) is 0 Å². The van der Waals surface area contributed by atoms with Gasteiger partial charge in [-0.2, -0.15) is 0 Å². The fourth-order valence-corrected chi connectivity index (χ4v) is 4.00. The smallest absolute Gasteiger partial charge is 0.0229 e. The van der Waals surface area contributed by atoms with Gasteiger partial charge in [0.05, 0.1) is 0 Å². The summed E-state index contributed by atoms with van der Waals surface area (Å²) in [6.45, 7) is 11.9. The third-order valence-electron chi connectivity index (χ3n) is 5.44. The molecule has 1 atom stereocenters. The Labute approximate surface area is 132 Å². The number of nitrogens with one attached hydrogen (secondary N) is 1. The Kier molecular flexibility index (Phi) is 5.72. The standard InChI is InChI=1S/C18H37N3/c1-17(2,3)19-14-18(10-7-6-8-11-18)15-21-12-9-16(13-21)20(4)5/h16,19H,6-15H2,1-5H3. The molecule has 0 radical (unpaired) electrons. The van der Waals surface area contributed by atoms with Gasteiger partial charge in [-0.1, -0.05) is 19.3 Å². The summed E-state index contributed by atoms with van der Waals surface area (Å²) in [5.74, 6) is 0. The minimum absolute atomic E-state index is 0.238. The van der Waals surface area contributed by atoms with E-state index in [9.17, 15) is 0 Å². The summed E-state index contributed by atoms with van der Waals surface area (Å²) in [5, 5.41) is 3.80. The summed E-state index contributed by atoms with van der Waals surface area (Å²) in [6, 6.07) is 0.765. The van der Waals surface area contributed by atoms with Crippen LogP contribution in [0.1, 0.15) is 59.3 Å². The highest BCUT2D eigenvalue weighted by atomic mass is 15.2. The fraction of sp³-hybridized carbons (Fsp3) is 1.00. The molecule has 21 heavy (non-hydrogen) atoms. The van der Waals surface area contributed by atoms with Crippen LogP contribution in [-0.4, -0.2) is 61.7 Å². The van der Waals surface area contributed by atoms with E-state index in [0.717, 1.165) is 6.04 Å². The first-order valence-corrected chi connectivity index (χ1v) is 8.94. The summed E-state index contributed by atoms with van der Waals surface area (Å²) in [4.78, 5) is 5.14. The molecule has 1 heterocycles. The lowest BCUT2D eigenvalue weighted by molar-refractivity contribution is 0.104. The predicted octanol–water partition coefficient (Wildman–Crippen LogP) is 2.96. The van der Waals surface area contributed by atoms with Gasteiger partial charge in [-0.25, -0.2) is 0 Å². The summed E-state index contributed by atoms with van der Waals surface area (Å²) in [5.41, 5.74) is 0.758. The fourth-order valence-electron chi connectivity index (χ4n) is 4.00. The number of likely N-dealkylation sites (N-methyl/N-ethyl adjacent to an activating group) is 1. The average molecular weight is 296 g/mol. The molecule has 0 aromatic carbocycles. The third kappa shape index (κ3) is 5.22. The summed E-state index contributed by atoms with van der Waals surface area (Å²) in [7, 11) is 4.46. The Morgan fingerprint density at radius 3 is 2.33 bits per heavy atom. The van der Waals surface area contributed by atoms with Gasteiger partial charge in [-0.15, -0.1) is 0 Å². The Balaban J connectivity index is 1.93. The Morgan fingerprint density at radius 1 is 1.14 bits per heavy atom. The monoisotopic (exact) mass is 295 g/mol. The molecule has 1 N–H and O–H groups in total. The van der Waals surface area contributed by atoms with Crippen molar-refractivity contribution < 1.29 is 0 Å². The zero-order chi connectivity index (χ0) is 15.5. The lowest BCUT2D eigenvalue weighted by Gasteiger charge is -2.42. The second-order valence-corrected chi connectivity index (χ2v) is 8.81. The van der Waals surface area contributed by atoms with Crippen molar-refractivity contribution in [3.63, 3.8) is 0 Å². The summed E-state index contributed by atoms with van der Waals surface area (Å²) < 4.78 is 0. The van der Waals surface area contributed by atoms with E-state index >= 15 is 0 Å². The maximum Gasteiger partial charge on any atom is 0.0229 e. The number of hydrogen-bond acceptors (Lipinski definition) is 3. The molecule has 0 aromatic rings. The van der Waals surface area contributed by atoms with Crippen LogP contribution in [-0.2, 0) is 0 Å². The van der Waals surface area contributed by atoms with Gasteiger partial charge in [0.15, 0.2) is 0 Å². The van der Waals surface area contributed by atoms with Gasteiger partial charge in [0.2, 0.25) is 0 Å². The first-order chi connectivity index (χ1) is 9.80. The quantitative estimate of drug-likeness (QED) is 0.841. The van der Waals surface area contributed by atoms with Crippen molar-refractivity contribution in [3.05, 3.63) is 0 Å². The molecule has 1 saturated heterocycles. The minimum atomic E-state index is 0.238. The van der Waals surface area contributed by atoms with Crippen molar-refractivity contribution in [2.24, 2.45) is 5.41 Å². The number of nitrogens with zero attached hydrogens (tertiary/aromatic N) is 2. The Hall–Kier alpha value is -0.120. The zero-order valence-electron chi connectivity index (χ0n) is 15.0. The van der Waals surface area contributed by atoms with Gasteiger partial charge in [0.25, 0.3) is 0 Å². The Bertz CT molecular complexity index is 313. The normalized spacial score (nSPS) is 27.4. The zero-order valence-corrected chi connectivity index (χ0v) is 15.0. The van der Waals surface area contributed by atoms with E-state index < -0.39 is 0 Å². The van der Waals surface area contributed by atoms with Crippen molar-refractivity contribution in [2.45, 2.75) is 70.9 Å². The van der Waals surface area contributed by atoms with Crippen molar-refractivity contribution in [1.29, 1.82) is 0 Å². The largest absolute Gasteiger partial charge is 0.311 e. The van der Waals surface area contributed by atoms with Crippen molar-refractivity contribution in [1.82, 2.24) is 15.1 Å². The van der Waals surface area contributed by atoms with E-state index in [4.69, 9.17) is 0 Å². The van der Waals surface area contributed by atoms with Gasteiger partial charge in [0, 0.05) is 31.2 Å². The van der Waals surface area contributed by atoms with Crippen LogP contribution in [0, 0.1) is 5.41 Å². The van der Waals surface area contributed by atoms with E-state index in [2.05, 4.69) is 50.0 Å². The second kappa shape index (κ2) is 6.97. The average Bonchev–Trinajstić information content (AvgIpc) is 2.85. The second-order valence-electron chi connectivity index (χ2n) is 8.81. The van der Waals surface area contributed by atoms with Crippen LogP contribution < -0.4 is 5.32 Å². The van der Waals surface area contributed by atoms with Crippen molar-refractivity contribution in [3.8, 4) is 0 Å². The molecule has 1 aliphatic heterocycles. The molecule has 3 nitrogen and oxygen atoms in total. The van der Waals surface area contributed by atoms with Crippen molar-refractivity contribution >= 4 is 0 Å². The van der Waals surface area contributed by atoms with Gasteiger partial charge in [-0.3, -0.25) is 0 Å². The van der Waals surface area contributed by atoms with Crippen LogP contribution in [0.4, 0.5) is 0 Å². The molecule has 1 aliphatic carbocycles. The first-order valence-electron chi connectivity index (χ1n) is 8.94. The van der Waals surface area contributed by atoms with Crippen LogP contribution in [0.25, 0.3) is 0 Å². The van der Waals surface area contributed by atoms with Crippen LogP contribution in [0.15, 0.2) is 0 Å². The number of hydrogen-bond donors (Lipinski definition) is 1. The lowest BCUT2D eigenvalue weighted by atomic mass is 9.73. The van der Waals surface area contributed by atoms with Gasteiger partial charge in [0.1, 0.15) is 0 Å². The Morgan fingerprint density at radius 2 is 1.81 bits per heavy atom. The maximum atomic E-state index is 3.80. The molecule has 0 spiro atoms. The first kappa shape index (κ1) is 17.2. The SMILES string of the molecule is CN(C)C1CCN(CC2(CNC(C)(C)C)CCCCC2)C1. The minimum Gasteiger partial charge on any atom is -0.311 e. The lowest BCUT2D eigenvalue weighted by Crippen LogP contribution is -2.49. The molecule has 0 amide bonds. The molecule has 124 valence electrons. The molecule has 2 rings (SSSR count). The highest BCUT2D eigenvalue weighted by molar-refractivity contribution is 4.92. The van der Waals surface area contributed by atoms with Gasteiger partial charge >= 0.3 is 0 Å². The molecule has 1 saturated carbocycles. The molecule has 3 heteroatoms. The molecule has 2 fully saturated rings.